The van der Waals surface area contributed by atoms with Gasteiger partial charge in [0.15, 0.2) is 11.6 Å². The molecule has 0 unspecified atom stereocenters. The topological polar surface area (TPSA) is 74.2 Å². The van der Waals surface area contributed by atoms with Crippen LogP contribution in [0.2, 0.25) is 0 Å². The summed E-state index contributed by atoms with van der Waals surface area (Å²) in [5.74, 6) is 1.83. The molecule has 3 aromatic rings. The Morgan fingerprint density at radius 1 is 1.19 bits per heavy atom. The van der Waals surface area contributed by atoms with Crippen molar-refractivity contribution in [3.63, 3.8) is 0 Å². The molecule has 0 saturated heterocycles. The lowest BCUT2D eigenvalue weighted by molar-refractivity contribution is 0.415. The lowest BCUT2D eigenvalue weighted by Crippen LogP contribution is -1.89. The van der Waals surface area contributed by atoms with E-state index in [0.717, 1.165) is 32.5 Å². The van der Waals surface area contributed by atoms with E-state index in [1.807, 2.05) is 38.1 Å². The van der Waals surface area contributed by atoms with Crippen LogP contribution in [-0.2, 0) is 0 Å². The van der Waals surface area contributed by atoms with Crippen molar-refractivity contribution in [2.45, 2.75) is 13.8 Å². The highest BCUT2D eigenvalue weighted by atomic mass is 32.1. The summed E-state index contributed by atoms with van der Waals surface area (Å²) in [4.78, 5) is 5.39. The first-order chi connectivity index (χ1) is 10.1. The molecule has 0 aliphatic rings. The number of thiazole rings is 1. The van der Waals surface area contributed by atoms with E-state index >= 15 is 0 Å². The second-order valence-corrected chi connectivity index (χ2v) is 5.85. The number of methoxy groups -OCH3 is 1. The molecule has 0 amide bonds. The number of nitrogens with zero attached hydrogens (tertiary/aromatic N) is 2. The number of hydrogen-bond acceptors (Lipinski definition) is 6. The van der Waals surface area contributed by atoms with Crippen molar-refractivity contribution in [2.75, 3.05) is 12.8 Å². The molecule has 0 atom stereocenters. The van der Waals surface area contributed by atoms with Crippen molar-refractivity contribution in [1.29, 1.82) is 0 Å². The van der Waals surface area contributed by atoms with Gasteiger partial charge in [0.2, 0.25) is 0 Å². The number of aryl methyl sites for hydroxylation is 2. The van der Waals surface area contributed by atoms with Gasteiger partial charge in [0, 0.05) is 0 Å². The third kappa shape index (κ3) is 2.38. The molecule has 2 N–H and O–H groups in total. The summed E-state index contributed by atoms with van der Waals surface area (Å²) in [7, 11) is 1.64. The zero-order chi connectivity index (χ0) is 15.0. The van der Waals surface area contributed by atoms with Gasteiger partial charge in [0.25, 0.3) is 0 Å². The van der Waals surface area contributed by atoms with Crippen LogP contribution in [0.3, 0.4) is 0 Å². The van der Waals surface area contributed by atoms with Crippen LogP contribution >= 0.6 is 11.3 Å². The van der Waals surface area contributed by atoms with Gasteiger partial charge in [0.1, 0.15) is 5.75 Å². The van der Waals surface area contributed by atoms with E-state index in [1.165, 1.54) is 0 Å². The van der Waals surface area contributed by atoms with Gasteiger partial charge >= 0.3 is 0 Å². The fraction of sp³-hybridized carbons (Fsp3) is 0.200. The third-order valence-corrected chi connectivity index (χ3v) is 4.28. The Morgan fingerprint density at radius 3 is 2.48 bits per heavy atom. The van der Waals surface area contributed by atoms with Gasteiger partial charge in [-0.25, -0.2) is 4.98 Å². The van der Waals surface area contributed by atoms with Crippen LogP contribution in [-0.4, -0.2) is 17.3 Å². The van der Waals surface area contributed by atoms with Gasteiger partial charge in [-0.1, -0.05) is 17.3 Å². The molecule has 3 rings (SSSR count). The Hall–Kier alpha value is -2.34. The Morgan fingerprint density at radius 2 is 1.90 bits per heavy atom. The smallest absolute Gasteiger partial charge is 0.188 e. The average Bonchev–Trinajstić information content (AvgIpc) is 3.01. The molecular formula is C15H15N3O2S. The van der Waals surface area contributed by atoms with Gasteiger partial charge in [-0.2, -0.15) is 0 Å². The van der Waals surface area contributed by atoms with E-state index in [2.05, 4.69) is 10.1 Å². The summed E-state index contributed by atoms with van der Waals surface area (Å²) < 4.78 is 10.6. The monoisotopic (exact) mass is 301 g/mol. The molecule has 2 aromatic heterocycles. The molecular weight excluding hydrogens is 286 g/mol. The van der Waals surface area contributed by atoms with Gasteiger partial charge in [-0.15, -0.1) is 11.3 Å². The number of ether oxygens (including phenoxy) is 1. The van der Waals surface area contributed by atoms with Crippen LogP contribution in [0.4, 0.5) is 5.82 Å². The number of aromatic nitrogens is 2. The molecule has 6 heteroatoms. The Labute approximate surface area is 126 Å². The Balaban J connectivity index is 2.14. The van der Waals surface area contributed by atoms with Crippen molar-refractivity contribution >= 4 is 17.2 Å². The van der Waals surface area contributed by atoms with Crippen molar-refractivity contribution in [1.82, 2.24) is 10.1 Å². The van der Waals surface area contributed by atoms with E-state index in [1.54, 1.807) is 18.4 Å². The summed E-state index contributed by atoms with van der Waals surface area (Å²) in [6.07, 6.45) is 0. The lowest BCUT2D eigenvalue weighted by atomic mass is 10.0. The van der Waals surface area contributed by atoms with Gasteiger partial charge in [-0.3, -0.25) is 0 Å². The third-order valence-electron chi connectivity index (χ3n) is 3.21. The molecule has 0 radical (unpaired) electrons. The Bertz CT molecular complexity index is 775. The number of nitrogen functional groups attached to an aromatic ring is 1. The summed E-state index contributed by atoms with van der Waals surface area (Å²) in [5, 5.41) is 4.90. The Kier molecular flexibility index (Phi) is 3.39. The number of rotatable bonds is 3. The van der Waals surface area contributed by atoms with E-state index < -0.39 is 0 Å². The van der Waals surface area contributed by atoms with Crippen LogP contribution in [0.1, 0.15) is 10.7 Å². The van der Waals surface area contributed by atoms with Crippen LogP contribution in [0, 0.1) is 13.8 Å². The normalized spacial score (nSPS) is 10.8. The second kappa shape index (κ2) is 5.21. The van der Waals surface area contributed by atoms with E-state index in [0.29, 0.717) is 11.6 Å². The van der Waals surface area contributed by atoms with Crippen molar-refractivity contribution in [2.24, 2.45) is 0 Å². The minimum absolute atomic E-state index is 0.376. The lowest BCUT2D eigenvalue weighted by Gasteiger charge is -2.04. The minimum atomic E-state index is 0.376. The first-order valence-electron chi connectivity index (χ1n) is 6.44. The maximum atomic E-state index is 5.99. The number of benzene rings is 1. The van der Waals surface area contributed by atoms with E-state index in [4.69, 9.17) is 15.0 Å². The number of anilines is 1. The highest BCUT2D eigenvalue weighted by Crippen LogP contribution is 2.40. The average molecular weight is 301 g/mol. The molecule has 108 valence electrons. The summed E-state index contributed by atoms with van der Waals surface area (Å²) >= 11 is 1.57. The zero-order valence-electron chi connectivity index (χ0n) is 12.0. The van der Waals surface area contributed by atoms with Crippen molar-refractivity contribution < 1.29 is 9.26 Å². The fourth-order valence-electron chi connectivity index (χ4n) is 2.24. The van der Waals surface area contributed by atoms with Crippen molar-refractivity contribution in [3.8, 4) is 27.5 Å². The standard InChI is InChI=1S/C15H15N3O2S/c1-8-14(21-9(2)17-8)13-12(15(16)18-20-13)10-4-6-11(19-3)7-5-10/h4-7H,1-3H3,(H2,16,18). The maximum absolute atomic E-state index is 5.99. The molecule has 0 aliphatic heterocycles. The fourth-order valence-corrected chi connectivity index (χ4v) is 3.14. The van der Waals surface area contributed by atoms with Crippen LogP contribution in [0.15, 0.2) is 28.8 Å². The molecule has 0 spiro atoms. The summed E-state index contributed by atoms with van der Waals surface area (Å²) in [6, 6.07) is 7.65. The molecule has 0 bridgehead atoms. The van der Waals surface area contributed by atoms with Gasteiger partial charge in [0.05, 0.1) is 28.3 Å². The molecule has 0 saturated carbocycles. The maximum Gasteiger partial charge on any atom is 0.188 e. The minimum Gasteiger partial charge on any atom is -0.497 e. The van der Waals surface area contributed by atoms with Gasteiger partial charge in [-0.05, 0) is 31.5 Å². The predicted octanol–water partition coefficient (Wildman–Crippen LogP) is 3.67. The van der Waals surface area contributed by atoms with E-state index in [9.17, 15) is 0 Å². The number of nitrogens with two attached hydrogens (primary N) is 1. The molecule has 21 heavy (non-hydrogen) atoms. The first kappa shape index (κ1) is 13.6. The number of hydrogen-bond donors (Lipinski definition) is 1. The van der Waals surface area contributed by atoms with Crippen LogP contribution in [0.25, 0.3) is 21.8 Å². The second-order valence-electron chi connectivity index (χ2n) is 4.65. The highest BCUT2D eigenvalue weighted by molar-refractivity contribution is 7.15. The summed E-state index contributed by atoms with van der Waals surface area (Å²) in [5.41, 5.74) is 8.64. The van der Waals surface area contributed by atoms with Crippen molar-refractivity contribution in [3.05, 3.63) is 35.0 Å². The zero-order valence-corrected chi connectivity index (χ0v) is 12.8. The molecule has 2 heterocycles. The molecule has 0 fully saturated rings. The summed E-state index contributed by atoms with van der Waals surface area (Å²) in [6.45, 7) is 3.92. The largest absolute Gasteiger partial charge is 0.497 e. The van der Waals surface area contributed by atoms with E-state index in [-0.39, 0.29) is 0 Å². The predicted molar refractivity (Wildman–Crippen MR) is 83.5 cm³/mol. The molecule has 0 aliphatic carbocycles. The SMILES string of the molecule is COc1ccc(-c2c(N)noc2-c2sc(C)nc2C)cc1. The van der Waals surface area contributed by atoms with Gasteiger partial charge < -0.3 is 15.0 Å². The molecule has 5 nitrogen and oxygen atoms in total. The van der Waals surface area contributed by atoms with Crippen LogP contribution in [0.5, 0.6) is 5.75 Å². The van der Waals surface area contributed by atoms with Crippen LogP contribution < -0.4 is 10.5 Å². The highest BCUT2D eigenvalue weighted by Gasteiger charge is 2.21. The molecule has 1 aromatic carbocycles. The first-order valence-corrected chi connectivity index (χ1v) is 7.25. The quantitative estimate of drug-likeness (QED) is 0.799.